The van der Waals surface area contributed by atoms with Gasteiger partial charge in [-0.1, -0.05) is 0 Å². The molecule has 0 unspecified atom stereocenters. The summed E-state index contributed by atoms with van der Waals surface area (Å²) in [5.41, 5.74) is 6.11. The fraction of sp³-hybridized carbons (Fsp3) is 0.200. The van der Waals surface area contributed by atoms with Crippen LogP contribution in [0.3, 0.4) is 0 Å². The predicted octanol–water partition coefficient (Wildman–Crippen LogP) is 1.32. The second-order valence-electron chi connectivity index (χ2n) is 3.34. The third-order valence-electron chi connectivity index (χ3n) is 2.25. The Morgan fingerprint density at radius 2 is 2.41 bits per heavy atom. The molecule has 0 aliphatic rings. The van der Waals surface area contributed by atoms with E-state index in [1.807, 2.05) is 0 Å². The highest BCUT2D eigenvalue weighted by molar-refractivity contribution is 7.12. The van der Waals surface area contributed by atoms with Crippen molar-refractivity contribution in [1.29, 1.82) is 0 Å². The molecule has 90 valence electrons. The molecule has 0 bridgehead atoms. The topological polar surface area (TPSA) is 82.2 Å². The zero-order valence-corrected chi connectivity index (χ0v) is 10.2. The van der Waals surface area contributed by atoms with E-state index in [0.29, 0.717) is 22.1 Å². The molecule has 2 rings (SSSR count). The average molecular weight is 252 g/mol. The molecule has 2 heterocycles. The van der Waals surface area contributed by atoms with E-state index in [2.05, 4.69) is 10.4 Å². The molecule has 2 aromatic heterocycles. The van der Waals surface area contributed by atoms with Gasteiger partial charge in [0.05, 0.1) is 19.0 Å². The standard InChI is InChI=1S/C10H12N4O2S/c1-14-9(6(11)5-12-14)13-10(15)8-7(16-2)3-4-17-8/h3-5H,11H2,1-2H3,(H,13,15). The summed E-state index contributed by atoms with van der Waals surface area (Å²) in [5, 5.41) is 8.44. The van der Waals surface area contributed by atoms with Crippen molar-refractivity contribution in [3.8, 4) is 5.75 Å². The van der Waals surface area contributed by atoms with Gasteiger partial charge in [-0.25, -0.2) is 0 Å². The van der Waals surface area contributed by atoms with Crippen molar-refractivity contribution < 1.29 is 9.53 Å². The minimum atomic E-state index is -0.257. The van der Waals surface area contributed by atoms with Gasteiger partial charge in [-0.15, -0.1) is 11.3 Å². The Balaban J connectivity index is 2.23. The van der Waals surface area contributed by atoms with E-state index in [9.17, 15) is 4.79 Å². The van der Waals surface area contributed by atoms with Crippen molar-refractivity contribution in [3.63, 3.8) is 0 Å². The molecule has 2 aromatic rings. The van der Waals surface area contributed by atoms with Crippen LogP contribution < -0.4 is 15.8 Å². The fourth-order valence-electron chi connectivity index (χ4n) is 1.40. The number of aromatic nitrogens is 2. The minimum Gasteiger partial charge on any atom is -0.495 e. The van der Waals surface area contributed by atoms with Gasteiger partial charge < -0.3 is 15.8 Å². The van der Waals surface area contributed by atoms with Crippen LogP contribution in [0.5, 0.6) is 5.75 Å². The highest BCUT2D eigenvalue weighted by atomic mass is 32.1. The number of nitrogen functional groups attached to an aromatic ring is 1. The summed E-state index contributed by atoms with van der Waals surface area (Å²) in [6.07, 6.45) is 1.49. The van der Waals surface area contributed by atoms with Crippen LogP contribution in [0, 0.1) is 0 Å². The van der Waals surface area contributed by atoms with Crippen molar-refractivity contribution >= 4 is 28.7 Å². The quantitative estimate of drug-likeness (QED) is 0.863. The number of nitrogens with one attached hydrogen (secondary N) is 1. The summed E-state index contributed by atoms with van der Waals surface area (Å²) in [5.74, 6) is 0.769. The van der Waals surface area contributed by atoms with Gasteiger partial charge in [-0.05, 0) is 11.4 Å². The second-order valence-corrected chi connectivity index (χ2v) is 4.26. The first-order chi connectivity index (χ1) is 8.13. The Hall–Kier alpha value is -2.02. The van der Waals surface area contributed by atoms with Crippen LogP contribution in [0.25, 0.3) is 0 Å². The molecule has 3 N–H and O–H groups in total. The highest BCUT2D eigenvalue weighted by Crippen LogP contribution is 2.26. The van der Waals surface area contributed by atoms with Crippen LogP contribution >= 0.6 is 11.3 Å². The molecule has 7 heteroatoms. The first kappa shape index (κ1) is 11.5. The molecular formula is C10H12N4O2S. The van der Waals surface area contributed by atoms with Gasteiger partial charge in [0.15, 0.2) is 5.82 Å². The number of methoxy groups -OCH3 is 1. The molecule has 6 nitrogen and oxygen atoms in total. The van der Waals surface area contributed by atoms with Crippen LogP contribution in [0.15, 0.2) is 17.6 Å². The highest BCUT2D eigenvalue weighted by Gasteiger charge is 2.16. The first-order valence-corrected chi connectivity index (χ1v) is 5.71. The first-order valence-electron chi connectivity index (χ1n) is 4.83. The number of rotatable bonds is 3. The van der Waals surface area contributed by atoms with Crippen LogP contribution in [-0.2, 0) is 7.05 Å². The van der Waals surface area contributed by atoms with E-state index < -0.39 is 0 Å². The zero-order chi connectivity index (χ0) is 12.4. The molecule has 1 amide bonds. The molecule has 17 heavy (non-hydrogen) atoms. The van der Waals surface area contributed by atoms with Crippen LogP contribution in [0.1, 0.15) is 9.67 Å². The van der Waals surface area contributed by atoms with Gasteiger partial charge in [0.2, 0.25) is 0 Å². The Bertz CT molecular complexity index is 527. The summed E-state index contributed by atoms with van der Waals surface area (Å²) in [6, 6.07) is 1.74. The number of hydrogen-bond donors (Lipinski definition) is 2. The normalized spacial score (nSPS) is 10.2. The third-order valence-corrected chi connectivity index (χ3v) is 3.15. The van der Waals surface area contributed by atoms with Crippen molar-refractivity contribution in [3.05, 3.63) is 22.5 Å². The average Bonchev–Trinajstić information content (AvgIpc) is 2.90. The number of aryl methyl sites for hydroxylation is 1. The molecule has 0 aromatic carbocycles. The van der Waals surface area contributed by atoms with Gasteiger partial charge >= 0.3 is 0 Å². The van der Waals surface area contributed by atoms with E-state index in [0.717, 1.165) is 0 Å². The number of nitrogens with two attached hydrogens (primary N) is 1. The Labute approximate surface area is 102 Å². The monoisotopic (exact) mass is 252 g/mol. The number of carbonyl (C=O) groups is 1. The van der Waals surface area contributed by atoms with Gasteiger partial charge in [0.25, 0.3) is 5.91 Å². The van der Waals surface area contributed by atoms with E-state index in [4.69, 9.17) is 10.5 Å². The maximum atomic E-state index is 12.0. The maximum absolute atomic E-state index is 12.0. The van der Waals surface area contributed by atoms with E-state index in [-0.39, 0.29) is 5.91 Å². The largest absolute Gasteiger partial charge is 0.495 e. The van der Waals surface area contributed by atoms with Gasteiger partial charge in [-0.2, -0.15) is 5.10 Å². The van der Waals surface area contributed by atoms with Gasteiger partial charge in [0, 0.05) is 7.05 Å². The molecule has 0 atom stereocenters. The summed E-state index contributed by atoms with van der Waals surface area (Å²) in [7, 11) is 3.23. The Morgan fingerprint density at radius 3 is 3.00 bits per heavy atom. The molecular weight excluding hydrogens is 240 g/mol. The molecule has 0 radical (unpaired) electrons. The number of nitrogens with zero attached hydrogens (tertiary/aromatic N) is 2. The predicted molar refractivity (Wildman–Crippen MR) is 66.4 cm³/mol. The third kappa shape index (κ3) is 2.09. The van der Waals surface area contributed by atoms with Crippen molar-refractivity contribution in [2.45, 2.75) is 0 Å². The van der Waals surface area contributed by atoms with Gasteiger partial charge in [0.1, 0.15) is 10.6 Å². The van der Waals surface area contributed by atoms with Crippen LogP contribution in [-0.4, -0.2) is 22.8 Å². The van der Waals surface area contributed by atoms with Crippen LogP contribution in [0.2, 0.25) is 0 Å². The molecule has 0 saturated heterocycles. The minimum absolute atomic E-state index is 0.257. The van der Waals surface area contributed by atoms with Crippen molar-refractivity contribution in [1.82, 2.24) is 9.78 Å². The summed E-state index contributed by atoms with van der Waals surface area (Å²) in [4.78, 5) is 12.5. The lowest BCUT2D eigenvalue weighted by Gasteiger charge is -2.06. The SMILES string of the molecule is COc1ccsc1C(=O)Nc1c(N)cnn1C. The number of amides is 1. The summed E-state index contributed by atoms with van der Waals surface area (Å²) < 4.78 is 6.59. The fourth-order valence-corrected chi connectivity index (χ4v) is 2.15. The number of anilines is 2. The molecule has 0 saturated carbocycles. The van der Waals surface area contributed by atoms with E-state index in [1.54, 1.807) is 18.5 Å². The summed E-state index contributed by atoms with van der Waals surface area (Å²) >= 11 is 1.31. The maximum Gasteiger partial charge on any atom is 0.270 e. The Kier molecular flexibility index (Phi) is 3.01. The smallest absolute Gasteiger partial charge is 0.270 e. The van der Waals surface area contributed by atoms with Crippen molar-refractivity contribution in [2.24, 2.45) is 7.05 Å². The lowest BCUT2D eigenvalue weighted by atomic mass is 10.4. The molecule has 0 fully saturated rings. The van der Waals surface area contributed by atoms with Crippen LogP contribution in [0.4, 0.5) is 11.5 Å². The lowest BCUT2D eigenvalue weighted by Crippen LogP contribution is -2.15. The molecule has 0 spiro atoms. The second kappa shape index (κ2) is 4.46. The number of ether oxygens (including phenoxy) is 1. The number of carbonyl (C=O) groups excluding carboxylic acids is 1. The number of hydrogen-bond acceptors (Lipinski definition) is 5. The zero-order valence-electron chi connectivity index (χ0n) is 9.43. The van der Waals surface area contributed by atoms with E-state index in [1.165, 1.54) is 29.3 Å². The lowest BCUT2D eigenvalue weighted by molar-refractivity contribution is 0.102. The molecule has 0 aliphatic carbocycles. The summed E-state index contributed by atoms with van der Waals surface area (Å²) in [6.45, 7) is 0. The Morgan fingerprint density at radius 1 is 1.65 bits per heavy atom. The van der Waals surface area contributed by atoms with Gasteiger partial charge in [-0.3, -0.25) is 9.48 Å². The van der Waals surface area contributed by atoms with E-state index >= 15 is 0 Å². The number of thiophene rings is 1. The van der Waals surface area contributed by atoms with Crippen molar-refractivity contribution in [2.75, 3.05) is 18.2 Å². The molecule has 0 aliphatic heterocycles.